The quantitative estimate of drug-likeness (QED) is 0.758. The van der Waals surface area contributed by atoms with Crippen LogP contribution in [0, 0.1) is 0 Å². The van der Waals surface area contributed by atoms with Gasteiger partial charge in [0.1, 0.15) is 0 Å². The van der Waals surface area contributed by atoms with E-state index < -0.39 is 0 Å². The zero-order chi connectivity index (χ0) is 14.3. The number of rotatable bonds is 1. The van der Waals surface area contributed by atoms with Crippen LogP contribution in [0.15, 0.2) is 23.1 Å². The molecule has 2 aromatic rings. The lowest BCUT2D eigenvalue weighted by molar-refractivity contribution is 0.0651. The molecule has 0 saturated carbocycles. The number of nitrogens with zero attached hydrogens (tertiary/aromatic N) is 3. The Morgan fingerprint density at radius 2 is 2.20 bits per heavy atom. The van der Waals surface area contributed by atoms with Gasteiger partial charge >= 0.3 is 5.69 Å². The summed E-state index contributed by atoms with van der Waals surface area (Å²) in [7, 11) is 0. The zero-order valence-corrected chi connectivity index (χ0v) is 11.5. The number of H-pyrrole nitrogens is 1. The summed E-state index contributed by atoms with van der Waals surface area (Å²) in [6.07, 6.45) is 1.54. The Labute approximate surface area is 115 Å². The summed E-state index contributed by atoms with van der Waals surface area (Å²) in [5.74, 6) is -0.0606. The van der Waals surface area contributed by atoms with E-state index >= 15 is 0 Å². The fraction of sp³-hybridized carbons (Fsp3) is 0.462. The summed E-state index contributed by atoms with van der Waals surface area (Å²) in [6, 6.07) is 3.37. The molecule has 0 unspecified atom stereocenters. The molecule has 0 atom stereocenters. The minimum absolute atomic E-state index is 0.0606. The van der Waals surface area contributed by atoms with Crippen molar-refractivity contribution in [2.75, 3.05) is 19.6 Å². The lowest BCUT2D eigenvalue weighted by atomic mass is 10.0. The smallest absolute Gasteiger partial charge is 0.335 e. The van der Waals surface area contributed by atoms with Gasteiger partial charge in [0.2, 0.25) is 0 Å². The van der Waals surface area contributed by atoms with Crippen LogP contribution in [0.5, 0.6) is 0 Å². The third kappa shape index (κ3) is 2.20. The van der Waals surface area contributed by atoms with Crippen LogP contribution in [-0.2, 0) is 0 Å². The lowest BCUT2D eigenvalue weighted by Gasteiger charge is -2.39. The van der Waals surface area contributed by atoms with E-state index in [1.165, 1.54) is 4.40 Å². The highest BCUT2D eigenvalue weighted by Crippen LogP contribution is 2.14. The molecule has 7 heteroatoms. The summed E-state index contributed by atoms with van der Waals surface area (Å²) >= 11 is 0. The van der Waals surface area contributed by atoms with Gasteiger partial charge in [-0.15, -0.1) is 0 Å². The zero-order valence-electron chi connectivity index (χ0n) is 11.5. The Kier molecular flexibility index (Phi) is 2.86. The number of aromatic nitrogens is 3. The molecule has 0 radical (unpaired) electrons. The molecule has 0 aliphatic carbocycles. The van der Waals surface area contributed by atoms with Crippen molar-refractivity contribution in [2.45, 2.75) is 19.4 Å². The van der Waals surface area contributed by atoms with Gasteiger partial charge in [-0.25, -0.2) is 14.3 Å². The standard InChI is InChI=1S/C13H17N5O2/c1-13(2)8-17(6-5-14-13)11(19)9-3-4-10-15-16-12(20)18(10)7-9/h3-4,7,14H,5-6,8H2,1-2H3,(H,16,20). The Balaban J connectivity index is 1.92. The summed E-state index contributed by atoms with van der Waals surface area (Å²) in [5.41, 5.74) is 0.575. The van der Waals surface area contributed by atoms with Gasteiger partial charge in [0, 0.05) is 31.4 Å². The van der Waals surface area contributed by atoms with E-state index in [9.17, 15) is 9.59 Å². The number of carbonyl (C=O) groups is 1. The molecule has 2 N–H and O–H groups in total. The van der Waals surface area contributed by atoms with Crippen molar-refractivity contribution >= 4 is 11.6 Å². The molecule has 7 nitrogen and oxygen atoms in total. The molecular weight excluding hydrogens is 258 g/mol. The molecule has 0 bridgehead atoms. The van der Waals surface area contributed by atoms with Crippen LogP contribution >= 0.6 is 0 Å². The molecular formula is C13H17N5O2. The molecule has 1 amide bonds. The fourth-order valence-electron chi connectivity index (χ4n) is 2.53. The van der Waals surface area contributed by atoms with Crippen molar-refractivity contribution in [1.82, 2.24) is 24.8 Å². The van der Waals surface area contributed by atoms with E-state index in [-0.39, 0.29) is 17.1 Å². The molecule has 3 rings (SSSR count). The number of amides is 1. The van der Waals surface area contributed by atoms with Crippen molar-refractivity contribution in [3.63, 3.8) is 0 Å². The average Bonchev–Trinajstić information content (AvgIpc) is 2.78. The normalized spacial score (nSPS) is 18.4. The fourth-order valence-corrected chi connectivity index (χ4v) is 2.53. The van der Waals surface area contributed by atoms with Crippen molar-refractivity contribution in [1.29, 1.82) is 0 Å². The summed E-state index contributed by atoms with van der Waals surface area (Å²) in [4.78, 5) is 25.9. The molecule has 1 saturated heterocycles. The first kappa shape index (κ1) is 12.9. The maximum Gasteiger partial charge on any atom is 0.347 e. The van der Waals surface area contributed by atoms with Crippen LogP contribution in [-0.4, -0.2) is 50.6 Å². The maximum absolute atomic E-state index is 12.5. The Morgan fingerprint density at radius 1 is 1.40 bits per heavy atom. The number of carbonyl (C=O) groups excluding carboxylic acids is 1. The first-order chi connectivity index (χ1) is 9.46. The molecule has 106 valence electrons. The Bertz CT molecular complexity index is 715. The monoisotopic (exact) mass is 275 g/mol. The van der Waals surface area contributed by atoms with E-state index in [0.717, 1.165) is 6.54 Å². The van der Waals surface area contributed by atoms with E-state index in [1.54, 1.807) is 18.3 Å². The number of aromatic amines is 1. The molecule has 2 aromatic heterocycles. The number of hydrogen-bond acceptors (Lipinski definition) is 4. The van der Waals surface area contributed by atoms with Crippen molar-refractivity contribution < 1.29 is 4.79 Å². The minimum atomic E-state index is -0.338. The number of pyridine rings is 1. The topological polar surface area (TPSA) is 82.5 Å². The van der Waals surface area contributed by atoms with E-state index in [4.69, 9.17) is 0 Å². The van der Waals surface area contributed by atoms with E-state index in [1.807, 2.05) is 4.90 Å². The lowest BCUT2D eigenvalue weighted by Crippen LogP contribution is -2.58. The number of nitrogens with one attached hydrogen (secondary N) is 2. The van der Waals surface area contributed by atoms with Gasteiger partial charge in [-0.1, -0.05) is 0 Å². The van der Waals surface area contributed by atoms with Gasteiger partial charge in [0.05, 0.1) is 5.56 Å². The second kappa shape index (κ2) is 4.45. The average molecular weight is 275 g/mol. The summed E-state index contributed by atoms with van der Waals surface area (Å²) < 4.78 is 1.35. The first-order valence-corrected chi connectivity index (χ1v) is 6.57. The number of fused-ring (bicyclic) bond motifs is 1. The predicted molar refractivity (Wildman–Crippen MR) is 73.8 cm³/mol. The van der Waals surface area contributed by atoms with Gasteiger partial charge < -0.3 is 10.2 Å². The van der Waals surface area contributed by atoms with Crippen molar-refractivity contribution in [2.24, 2.45) is 0 Å². The SMILES string of the molecule is CC1(C)CN(C(=O)c2ccc3n[nH]c(=O)n3c2)CCN1. The molecule has 20 heavy (non-hydrogen) atoms. The van der Waals surface area contributed by atoms with Crippen LogP contribution in [0.4, 0.5) is 0 Å². The molecule has 0 spiro atoms. The van der Waals surface area contributed by atoms with Crippen LogP contribution in [0.2, 0.25) is 0 Å². The van der Waals surface area contributed by atoms with Gasteiger partial charge in [0.25, 0.3) is 5.91 Å². The molecule has 1 fully saturated rings. The summed E-state index contributed by atoms with van der Waals surface area (Å²) in [5, 5.41) is 9.57. The van der Waals surface area contributed by atoms with Gasteiger partial charge in [-0.3, -0.25) is 4.79 Å². The third-order valence-corrected chi connectivity index (χ3v) is 3.52. The maximum atomic E-state index is 12.5. The van der Waals surface area contributed by atoms with Gasteiger partial charge in [-0.05, 0) is 26.0 Å². The molecule has 1 aliphatic heterocycles. The first-order valence-electron chi connectivity index (χ1n) is 6.57. The van der Waals surface area contributed by atoms with Crippen molar-refractivity contribution in [3.8, 4) is 0 Å². The largest absolute Gasteiger partial charge is 0.347 e. The predicted octanol–water partition coefficient (Wildman–Crippen LogP) is -0.153. The second-order valence-electron chi connectivity index (χ2n) is 5.71. The van der Waals surface area contributed by atoms with Crippen molar-refractivity contribution in [3.05, 3.63) is 34.4 Å². The van der Waals surface area contributed by atoms with Crippen LogP contribution < -0.4 is 11.0 Å². The van der Waals surface area contributed by atoms with Gasteiger partial charge in [0.15, 0.2) is 5.65 Å². The number of piperazine rings is 1. The van der Waals surface area contributed by atoms with Crippen LogP contribution in [0.3, 0.4) is 0 Å². The van der Waals surface area contributed by atoms with Crippen LogP contribution in [0.1, 0.15) is 24.2 Å². The summed E-state index contributed by atoms with van der Waals surface area (Å²) in [6.45, 7) is 6.21. The number of hydrogen-bond donors (Lipinski definition) is 2. The molecule has 3 heterocycles. The second-order valence-corrected chi connectivity index (χ2v) is 5.71. The Hall–Kier alpha value is -2.15. The highest BCUT2D eigenvalue weighted by atomic mass is 16.2. The highest BCUT2D eigenvalue weighted by Gasteiger charge is 2.29. The van der Waals surface area contributed by atoms with E-state index in [0.29, 0.717) is 24.3 Å². The molecule has 1 aliphatic rings. The Morgan fingerprint density at radius 3 is 2.95 bits per heavy atom. The molecule has 0 aromatic carbocycles. The minimum Gasteiger partial charge on any atom is -0.335 e. The van der Waals surface area contributed by atoms with E-state index in [2.05, 4.69) is 29.4 Å². The van der Waals surface area contributed by atoms with Crippen LogP contribution in [0.25, 0.3) is 5.65 Å². The highest BCUT2D eigenvalue weighted by molar-refractivity contribution is 5.94. The third-order valence-electron chi connectivity index (χ3n) is 3.52. The van der Waals surface area contributed by atoms with Gasteiger partial charge in [-0.2, -0.15) is 5.10 Å².